The fourth-order valence-corrected chi connectivity index (χ4v) is 3.26. The number of nitrogens with zero attached hydrogens (tertiary/aromatic N) is 2. The normalized spacial score (nSPS) is 12.9. The van der Waals surface area contributed by atoms with Crippen molar-refractivity contribution >= 4 is 34.7 Å². The van der Waals surface area contributed by atoms with Gasteiger partial charge in [-0.15, -0.1) is 5.10 Å². The molecule has 0 aliphatic rings. The largest absolute Gasteiger partial charge is 0.271 e. The molecule has 20 heavy (non-hydrogen) atoms. The molecule has 0 aliphatic carbocycles. The predicted molar refractivity (Wildman–Crippen MR) is 84.2 cm³/mol. The second kappa shape index (κ2) is 6.83. The van der Waals surface area contributed by atoms with E-state index in [2.05, 4.69) is 28.9 Å². The molecular weight excluding hydrogens is 315 g/mol. The minimum atomic E-state index is -0.0802. The zero-order chi connectivity index (χ0) is 14.7. The third-order valence-corrected chi connectivity index (χ3v) is 4.77. The summed E-state index contributed by atoms with van der Waals surface area (Å²) in [5.41, 5.74) is 4.74. The highest BCUT2D eigenvalue weighted by atomic mass is 35.5. The molecule has 1 aromatic carbocycles. The van der Waals surface area contributed by atoms with Gasteiger partial charge >= 0.3 is 0 Å². The Balaban J connectivity index is 2.29. The lowest BCUT2D eigenvalue weighted by atomic mass is 10.0. The summed E-state index contributed by atoms with van der Waals surface area (Å²) in [5.74, 6) is 5.99. The summed E-state index contributed by atoms with van der Waals surface area (Å²) >= 11 is 13.6. The van der Waals surface area contributed by atoms with Crippen LogP contribution in [0.5, 0.6) is 0 Å². The van der Waals surface area contributed by atoms with Crippen molar-refractivity contribution in [3.05, 3.63) is 44.4 Å². The van der Waals surface area contributed by atoms with E-state index >= 15 is 0 Å². The van der Waals surface area contributed by atoms with E-state index in [1.807, 2.05) is 12.1 Å². The molecule has 2 aromatic rings. The van der Waals surface area contributed by atoms with Gasteiger partial charge in [-0.1, -0.05) is 53.7 Å². The molecule has 3 N–H and O–H groups in total. The first-order chi connectivity index (χ1) is 9.54. The molecule has 0 fully saturated rings. The van der Waals surface area contributed by atoms with E-state index in [4.69, 9.17) is 29.0 Å². The molecule has 1 aromatic heterocycles. The van der Waals surface area contributed by atoms with E-state index in [9.17, 15) is 0 Å². The number of nitrogens with one attached hydrogen (secondary N) is 1. The quantitative estimate of drug-likeness (QED) is 0.647. The van der Waals surface area contributed by atoms with Crippen LogP contribution in [0.3, 0.4) is 0 Å². The molecule has 0 saturated heterocycles. The standard InChI is InChI=1S/C13H16Cl2N4S/c1-7(2)12-13(20-19-18-12)10(17-16)6-8-4-3-5-9(14)11(8)15/h3-5,7,10,17H,6,16H2,1-2H3. The maximum Gasteiger partial charge on any atom is 0.0829 e. The lowest BCUT2D eigenvalue weighted by Crippen LogP contribution is -2.30. The second-order valence-electron chi connectivity index (χ2n) is 4.81. The molecule has 1 unspecified atom stereocenters. The van der Waals surface area contributed by atoms with Crippen molar-refractivity contribution in [1.29, 1.82) is 0 Å². The van der Waals surface area contributed by atoms with E-state index < -0.39 is 0 Å². The summed E-state index contributed by atoms with van der Waals surface area (Å²) in [6.45, 7) is 4.17. The zero-order valence-electron chi connectivity index (χ0n) is 11.2. The summed E-state index contributed by atoms with van der Waals surface area (Å²) in [5, 5.41) is 5.30. The van der Waals surface area contributed by atoms with Crippen LogP contribution in [0.25, 0.3) is 0 Å². The summed E-state index contributed by atoms with van der Waals surface area (Å²) in [7, 11) is 0. The number of benzene rings is 1. The molecule has 0 amide bonds. The van der Waals surface area contributed by atoms with Crippen LogP contribution in [-0.4, -0.2) is 9.59 Å². The van der Waals surface area contributed by atoms with Crippen molar-refractivity contribution in [2.24, 2.45) is 5.84 Å². The minimum Gasteiger partial charge on any atom is -0.271 e. The number of rotatable bonds is 5. The van der Waals surface area contributed by atoms with E-state index in [1.54, 1.807) is 6.07 Å². The number of hydrogen-bond donors (Lipinski definition) is 2. The van der Waals surface area contributed by atoms with Gasteiger partial charge in [0.1, 0.15) is 0 Å². The molecule has 4 nitrogen and oxygen atoms in total. The van der Waals surface area contributed by atoms with Crippen LogP contribution >= 0.6 is 34.7 Å². The second-order valence-corrected chi connectivity index (χ2v) is 6.38. The molecular formula is C13H16Cl2N4S. The maximum absolute atomic E-state index is 6.23. The molecule has 0 saturated carbocycles. The minimum absolute atomic E-state index is 0.0802. The maximum atomic E-state index is 6.23. The summed E-state index contributed by atoms with van der Waals surface area (Å²) in [6, 6.07) is 5.52. The lowest BCUT2D eigenvalue weighted by molar-refractivity contribution is 0.551. The van der Waals surface area contributed by atoms with Crippen molar-refractivity contribution in [2.75, 3.05) is 0 Å². The Morgan fingerprint density at radius 3 is 2.75 bits per heavy atom. The first kappa shape index (κ1) is 15.7. The van der Waals surface area contributed by atoms with Crippen LogP contribution < -0.4 is 11.3 Å². The van der Waals surface area contributed by atoms with Gasteiger partial charge < -0.3 is 0 Å². The molecule has 2 rings (SSSR count). The van der Waals surface area contributed by atoms with Gasteiger partial charge in [-0.2, -0.15) is 0 Å². The number of halogens is 2. The van der Waals surface area contributed by atoms with Crippen LogP contribution in [-0.2, 0) is 6.42 Å². The van der Waals surface area contributed by atoms with Crippen LogP contribution in [0.4, 0.5) is 0 Å². The molecule has 0 bridgehead atoms. The Kier molecular flexibility index (Phi) is 5.35. The van der Waals surface area contributed by atoms with Crippen LogP contribution in [0.1, 0.15) is 41.9 Å². The highest BCUT2D eigenvalue weighted by molar-refractivity contribution is 7.05. The van der Waals surface area contributed by atoms with Crippen molar-refractivity contribution in [3.63, 3.8) is 0 Å². The van der Waals surface area contributed by atoms with Crippen LogP contribution in [0.15, 0.2) is 18.2 Å². The van der Waals surface area contributed by atoms with E-state index in [1.165, 1.54) is 11.5 Å². The summed E-state index contributed by atoms with van der Waals surface area (Å²) in [6.07, 6.45) is 0.638. The van der Waals surface area contributed by atoms with E-state index in [0.29, 0.717) is 22.4 Å². The fraction of sp³-hybridized carbons (Fsp3) is 0.385. The monoisotopic (exact) mass is 330 g/mol. The van der Waals surface area contributed by atoms with Crippen molar-refractivity contribution in [3.8, 4) is 0 Å². The highest BCUT2D eigenvalue weighted by Crippen LogP contribution is 2.32. The predicted octanol–water partition coefficient (Wildman–Crippen LogP) is 3.72. The first-order valence-corrected chi connectivity index (χ1v) is 7.78. The topological polar surface area (TPSA) is 63.8 Å². The number of hydrogen-bond acceptors (Lipinski definition) is 5. The van der Waals surface area contributed by atoms with Gasteiger partial charge in [-0.25, -0.2) is 0 Å². The molecule has 108 valence electrons. The highest BCUT2D eigenvalue weighted by Gasteiger charge is 2.21. The molecule has 1 heterocycles. The van der Waals surface area contributed by atoms with Crippen LogP contribution in [0, 0.1) is 0 Å². The smallest absolute Gasteiger partial charge is 0.0829 e. The Labute approximate surface area is 132 Å². The van der Waals surface area contributed by atoms with E-state index in [0.717, 1.165) is 16.1 Å². The van der Waals surface area contributed by atoms with Gasteiger partial charge in [0, 0.05) is 0 Å². The third kappa shape index (κ3) is 3.30. The van der Waals surface area contributed by atoms with Gasteiger partial charge in [-0.3, -0.25) is 11.3 Å². The van der Waals surface area contributed by atoms with Gasteiger partial charge in [0.25, 0.3) is 0 Å². The van der Waals surface area contributed by atoms with Crippen molar-refractivity contribution in [2.45, 2.75) is 32.2 Å². The number of aromatic nitrogens is 2. The Morgan fingerprint density at radius 2 is 2.10 bits per heavy atom. The summed E-state index contributed by atoms with van der Waals surface area (Å²) in [4.78, 5) is 1.04. The average Bonchev–Trinajstić information content (AvgIpc) is 2.90. The molecule has 1 atom stereocenters. The SMILES string of the molecule is CC(C)c1nnsc1C(Cc1cccc(Cl)c1Cl)NN. The molecule has 0 aliphatic heterocycles. The lowest BCUT2D eigenvalue weighted by Gasteiger charge is -2.17. The average molecular weight is 331 g/mol. The first-order valence-electron chi connectivity index (χ1n) is 6.25. The molecule has 0 spiro atoms. The zero-order valence-corrected chi connectivity index (χ0v) is 13.6. The Bertz CT molecular complexity index is 586. The summed E-state index contributed by atoms with van der Waals surface area (Å²) < 4.78 is 4.03. The van der Waals surface area contributed by atoms with Crippen LogP contribution in [0.2, 0.25) is 10.0 Å². The fourth-order valence-electron chi connectivity index (χ4n) is 2.00. The number of hydrazine groups is 1. The van der Waals surface area contributed by atoms with Crippen molar-refractivity contribution in [1.82, 2.24) is 15.0 Å². The Morgan fingerprint density at radius 1 is 1.35 bits per heavy atom. The van der Waals surface area contributed by atoms with Gasteiger partial charge in [0.05, 0.1) is 26.7 Å². The Hall–Kier alpha value is -0.720. The van der Waals surface area contributed by atoms with E-state index in [-0.39, 0.29) is 6.04 Å². The van der Waals surface area contributed by atoms with Gasteiger partial charge in [0.2, 0.25) is 0 Å². The van der Waals surface area contributed by atoms with Crippen molar-refractivity contribution < 1.29 is 0 Å². The van der Waals surface area contributed by atoms with Gasteiger partial charge in [-0.05, 0) is 35.5 Å². The number of nitrogens with two attached hydrogens (primary N) is 1. The third-order valence-electron chi connectivity index (χ3n) is 3.06. The molecule has 0 radical (unpaired) electrons. The molecule has 7 heteroatoms. The van der Waals surface area contributed by atoms with Gasteiger partial charge in [0.15, 0.2) is 0 Å².